The van der Waals surface area contributed by atoms with E-state index in [1.54, 1.807) is 6.07 Å². The molecule has 2 aromatic rings. The molecule has 0 saturated carbocycles. The van der Waals surface area contributed by atoms with Crippen LogP contribution in [-0.2, 0) is 6.42 Å². The van der Waals surface area contributed by atoms with E-state index in [0.717, 1.165) is 6.07 Å². The van der Waals surface area contributed by atoms with Gasteiger partial charge in [0.25, 0.3) is 0 Å². The molecule has 1 aliphatic rings. The third kappa shape index (κ3) is 2.09. The molecule has 3 rings (SSSR count). The van der Waals surface area contributed by atoms with Gasteiger partial charge in [-0.2, -0.15) is 0 Å². The van der Waals surface area contributed by atoms with Gasteiger partial charge in [-0.3, -0.25) is 0 Å². The van der Waals surface area contributed by atoms with Crippen molar-refractivity contribution >= 4 is 5.69 Å². The SMILES string of the molecule is COc1ccc(C2Cc3cc(F)cc(F)c3N2)cc1F. The van der Waals surface area contributed by atoms with Crippen LogP contribution in [0.25, 0.3) is 0 Å². The minimum atomic E-state index is -0.628. The van der Waals surface area contributed by atoms with E-state index in [0.29, 0.717) is 17.5 Å². The highest BCUT2D eigenvalue weighted by atomic mass is 19.1. The molecule has 2 aromatic carbocycles. The van der Waals surface area contributed by atoms with Crippen LogP contribution in [-0.4, -0.2) is 7.11 Å². The fraction of sp³-hybridized carbons (Fsp3) is 0.200. The molecule has 5 heteroatoms. The van der Waals surface area contributed by atoms with E-state index in [-0.39, 0.29) is 17.5 Å². The summed E-state index contributed by atoms with van der Waals surface area (Å²) >= 11 is 0. The van der Waals surface area contributed by atoms with Crippen molar-refractivity contribution in [1.82, 2.24) is 0 Å². The fourth-order valence-electron chi connectivity index (χ4n) is 2.50. The molecule has 0 bridgehead atoms. The molecule has 104 valence electrons. The van der Waals surface area contributed by atoms with Crippen molar-refractivity contribution in [3.63, 3.8) is 0 Å². The average Bonchev–Trinajstić information content (AvgIpc) is 2.82. The van der Waals surface area contributed by atoms with Gasteiger partial charge in [-0.25, -0.2) is 13.2 Å². The third-order valence-corrected chi connectivity index (χ3v) is 3.46. The lowest BCUT2D eigenvalue weighted by Gasteiger charge is -2.13. The van der Waals surface area contributed by atoms with Crippen LogP contribution in [0.4, 0.5) is 18.9 Å². The number of rotatable bonds is 2. The Bertz CT molecular complexity index is 672. The maximum atomic E-state index is 13.7. The van der Waals surface area contributed by atoms with E-state index < -0.39 is 17.5 Å². The second-order valence-electron chi connectivity index (χ2n) is 4.72. The van der Waals surface area contributed by atoms with Gasteiger partial charge in [0.05, 0.1) is 18.8 Å². The highest BCUT2D eigenvalue weighted by Gasteiger charge is 2.26. The number of halogens is 3. The number of ether oxygens (including phenoxy) is 1. The van der Waals surface area contributed by atoms with E-state index in [9.17, 15) is 13.2 Å². The van der Waals surface area contributed by atoms with Gasteiger partial charge in [-0.05, 0) is 35.7 Å². The van der Waals surface area contributed by atoms with Gasteiger partial charge < -0.3 is 10.1 Å². The molecular formula is C15H12F3NO. The maximum absolute atomic E-state index is 13.7. The molecule has 0 spiro atoms. The van der Waals surface area contributed by atoms with Crippen LogP contribution in [0.15, 0.2) is 30.3 Å². The second-order valence-corrected chi connectivity index (χ2v) is 4.72. The first kappa shape index (κ1) is 12.8. The molecule has 0 fully saturated rings. The molecule has 2 nitrogen and oxygen atoms in total. The van der Waals surface area contributed by atoms with E-state index in [1.165, 1.54) is 25.3 Å². The lowest BCUT2D eigenvalue weighted by molar-refractivity contribution is 0.386. The smallest absolute Gasteiger partial charge is 0.165 e. The van der Waals surface area contributed by atoms with Crippen LogP contribution >= 0.6 is 0 Å². The molecule has 20 heavy (non-hydrogen) atoms. The molecule has 0 aromatic heterocycles. The zero-order valence-corrected chi connectivity index (χ0v) is 10.7. The summed E-state index contributed by atoms with van der Waals surface area (Å²) in [4.78, 5) is 0. The lowest BCUT2D eigenvalue weighted by atomic mass is 10.0. The van der Waals surface area contributed by atoms with Gasteiger partial charge in [0, 0.05) is 6.07 Å². The molecule has 0 saturated heterocycles. The van der Waals surface area contributed by atoms with E-state index in [2.05, 4.69) is 5.32 Å². The van der Waals surface area contributed by atoms with Crippen LogP contribution in [0.5, 0.6) is 5.75 Å². The third-order valence-electron chi connectivity index (χ3n) is 3.46. The molecule has 1 atom stereocenters. The normalized spacial score (nSPS) is 16.7. The van der Waals surface area contributed by atoms with Crippen LogP contribution in [0.3, 0.4) is 0 Å². The molecule has 1 N–H and O–H groups in total. The van der Waals surface area contributed by atoms with Crippen molar-refractivity contribution in [2.75, 3.05) is 12.4 Å². The van der Waals surface area contributed by atoms with Crippen molar-refractivity contribution in [3.05, 3.63) is 58.9 Å². The van der Waals surface area contributed by atoms with Crippen LogP contribution in [0.1, 0.15) is 17.2 Å². The van der Waals surface area contributed by atoms with Crippen molar-refractivity contribution in [2.24, 2.45) is 0 Å². The van der Waals surface area contributed by atoms with Crippen LogP contribution in [0.2, 0.25) is 0 Å². The predicted molar refractivity (Wildman–Crippen MR) is 69.4 cm³/mol. The van der Waals surface area contributed by atoms with E-state index in [4.69, 9.17) is 4.74 Å². The second kappa shape index (κ2) is 4.74. The monoisotopic (exact) mass is 279 g/mol. The van der Waals surface area contributed by atoms with Gasteiger partial charge in [0.15, 0.2) is 11.6 Å². The van der Waals surface area contributed by atoms with Gasteiger partial charge in [-0.1, -0.05) is 6.07 Å². The lowest BCUT2D eigenvalue weighted by Crippen LogP contribution is -2.06. The largest absolute Gasteiger partial charge is 0.494 e. The summed E-state index contributed by atoms with van der Waals surface area (Å²) in [6.07, 6.45) is 0.412. The molecule has 1 unspecified atom stereocenters. The summed E-state index contributed by atoms with van der Waals surface area (Å²) in [6.45, 7) is 0. The zero-order valence-electron chi connectivity index (χ0n) is 10.7. The van der Waals surface area contributed by atoms with Gasteiger partial charge in [-0.15, -0.1) is 0 Å². The number of methoxy groups -OCH3 is 1. The number of benzene rings is 2. The Balaban J connectivity index is 1.92. The molecule has 1 aliphatic heterocycles. The van der Waals surface area contributed by atoms with E-state index in [1.807, 2.05) is 0 Å². The Kier molecular flexibility index (Phi) is 3.04. The minimum absolute atomic E-state index is 0.154. The summed E-state index contributed by atoms with van der Waals surface area (Å²) in [6, 6.07) is 6.43. The topological polar surface area (TPSA) is 21.3 Å². The standard InChI is InChI=1S/C15H12F3NO/c1-20-14-3-2-8(5-11(14)17)13-6-9-4-10(16)7-12(18)15(9)19-13/h2-5,7,13,19H,6H2,1H3. The number of anilines is 1. The van der Waals surface area contributed by atoms with Gasteiger partial charge >= 0.3 is 0 Å². The molecule has 0 aliphatic carbocycles. The Labute approximate surface area is 114 Å². The Morgan fingerprint density at radius 3 is 2.60 bits per heavy atom. The maximum Gasteiger partial charge on any atom is 0.165 e. The summed E-state index contributed by atoms with van der Waals surface area (Å²) in [5.41, 5.74) is 1.51. The van der Waals surface area contributed by atoms with Crippen molar-refractivity contribution in [2.45, 2.75) is 12.5 Å². The summed E-state index contributed by atoms with van der Waals surface area (Å²) in [7, 11) is 1.39. The van der Waals surface area contributed by atoms with Crippen LogP contribution < -0.4 is 10.1 Å². The number of hydrogen-bond donors (Lipinski definition) is 1. The number of hydrogen-bond acceptors (Lipinski definition) is 2. The highest BCUT2D eigenvalue weighted by Crippen LogP contribution is 2.37. The summed E-state index contributed by atoms with van der Waals surface area (Å²) in [5.74, 6) is -1.56. The molecule has 1 heterocycles. The first-order chi connectivity index (χ1) is 9.58. The zero-order chi connectivity index (χ0) is 14.3. The quantitative estimate of drug-likeness (QED) is 0.902. The molecular weight excluding hydrogens is 267 g/mol. The molecule has 0 radical (unpaired) electrons. The first-order valence-electron chi connectivity index (χ1n) is 6.16. The van der Waals surface area contributed by atoms with Crippen molar-refractivity contribution < 1.29 is 17.9 Å². The average molecular weight is 279 g/mol. The van der Waals surface area contributed by atoms with E-state index >= 15 is 0 Å². The van der Waals surface area contributed by atoms with Gasteiger partial charge in [0.1, 0.15) is 11.6 Å². The fourth-order valence-corrected chi connectivity index (χ4v) is 2.50. The predicted octanol–water partition coefficient (Wildman–Crippen LogP) is 3.82. The highest BCUT2D eigenvalue weighted by molar-refractivity contribution is 5.59. The Hall–Kier alpha value is -2.17. The van der Waals surface area contributed by atoms with Gasteiger partial charge in [0.2, 0.25) is 0 Å². The van der Waals surface area contributed by atoms with Crippen LogP contribution in [0, 0.1) is 17.5 Å². The number of nitrogens with one attached hydrogen (secondary N) is 1. The first-order valence-corrected chi connectivity index (χ1v) is 6.16. The Morgan fingerprint density at radius 1 is 1.10 bits per heavy atom. The summed E-state index contributed by atoms with van der Waals surface area (Å²) in [5, 5.41) is 2.96. The summed E-state index contributed by atoms with van der Waals surface area (Å²) < 4.78 is 45.4. The minimum Gasteiger partial charge on any atom is -0.494 e. The van der Waals surface area contributed by atoms with Crippen molar-refractivity contribution in [1.29, 1.82) is 0 Å². The Morgan fingerprint density at radius 2 is 1.90 bits per heavy atom. The number of fused-ring (bicyclic) bond motifs is 1. The van der Waals surface area contributed by atoms with Crippen molar-refractivity contribution in [3.8, 4) is 5.75 Å². The molecule has 0 amide bonds.